The highest BCUT2D eigenvalue weighted by Gasteiger charge is 2.18. The number of thiazole rings is 1. The molecule has 4 aromatic rings. The lowest BCUT2D eigenvalue weighted by Crippen LogP contribution is -2.32. The molecule has 0 unspecified atom stereocenters. The van der Waals surface area contributed by atoms with Crippen LogP contribution in [0, 0.1) is 25.2 Å². The summed E-state index contributed by atoms with van der Waals surface area (Å²) >= 11 is 7.37. The van der Waals surface area contributed by atoms with Gasteiger partial charge in [0.1, 0.15) is 10.7 Å². The van der Waals surface area contributed by atoms with Crippen LogP contribution in [0.25, 0.3) is 17.3 Å². The molecule has 0 saturated carbocycles. The average Bonchev–Trinajstić information content (AvgIpc) is 3.14. The fourth-order valence-corrected chi connectivity index (χ4v) is 4.73. The number of amides is 1. The molecular formula is C27H20ClN3O2S. The van der Waals surface area contributed by atoms with E-state index in [0.717, 1.165) is 22.5 Å². The molecule has 1 N–H and O–H groups in total. The van der Waals surface area contributed by atoms with Gasteiger partial charge in [-0.05, 0) is 60.9 Å². The molecule has 0 aliphatic carbocycles. The van der Waals surface area contributed by atoms with Gasteiger partial charge < -0.3 is 5.32 Å². The highest BCUT2D eigenvalue weighted by atomic mass is 35.5. The minimum absolute atomic E-state index is 0.148. The molecular weight excluding hydrogens is 466 g/mol. The number of benzene rings is 3. The second kappa shape index (κ2) is 9.92. The number of hydrogen-bond acceptors (Lipinski definition) is 4. The summed E-state index contributed by atoms with van der Waals surface area (Å²) in [6, 6.07) is 23.8. The maximum absolute atomic E-state index is 13.5. The van der Waals surface area contributed by atoms with Crippen molar-refractivity contribution in [2.24, 2.45) is 0 Å². The molecule has 0 aliphatic rings. The topological polar surface area (TPSA) is 74.9 Å². The number of nitrogens with zero attached hydrogens (tertiary/aromatic N) is 2. The van der Waals surface area contributed by atoms with Crippen LogP contribution in [-0.4, -0.2) is 10.5 Å². The van der Waals surface area contributed by atoms with Gasteiger partial charge in [0.15, 0.2) is 5.57 Å². The Balaban J connectivity index is 1.97. The molecule has 1 amide bonds. The third kappa shape index (κ3) is 4.72. The minimum Gasteiger partial charge on any atom is -0.321 e. The van der Waals surface area contributed by atoms with Crippen molar-refractivity contribution in [3.63, 3.8) is 0 Å². The number of nitriles is 1. The molecule has 168 valence electrons. The van der Waals surface area contributed by atoms with E-state index in [1.54, 1.807) is 48.5 Å². The maximum Gasteiger partial charge on any atom is 0.273 e. The Kier molecular flexibility index (Phi) is 6.78. The van der Waals surface area contributed by atoms with Crippen LogP contribution in [0.3, 0.4) is 0 Å². The molecule has 7 heteroatoms. The molecule has 0 saturated heterocycles. The Bertz CT molecular complexity index is 1610. The van der Waals surface area contributed by atoms with Gasteiger partial charge in [0.2, 0.25) is 0 Å². The van der Waals surface area contributed by atoms with Gasteiger partial charge in [0, 0.05) is 10.7 Å². The number of carbonyl (C=O) groups excluding carboxylic acids is 1. The summed E-state index contributed by atoms with van der Waals surface area (Å²) in [4.78, 5) is 26.7. The number of carbonyl (C=O) groups is 1. The molecule has 1 heterocycles. The normalized spacial score (nSPS) is 12.2. The molecule has 0 fully saturated rings. The second-order valence-electron chi connectivity index (χ2n) is 7.67. The number of para-hydroxylation sites is 1. The van der Waals surface area contributed by atoms with Crippen molar-refractivity contribution in [3.05, 3.63) is 114 Å². The molecule has 1 aromatic heterocycles. The monoisotopic (exact) mass is 485 g/mol. The van der Waals surface area contributed by atoms with E-state index in [2.05, 4.69) is 5.32 Å². The van der Waals surface area contributed by atoms with Crippen LogP contribution in [0.15, 0.2) is 77.6 Å². The number of aromatic nitrogens is 1. The van der Waals surface area contributed by atoms with Crippen molar-refractivity contribution in [1.82, 2.24) is 4.57 Å². The number of rotatable bonds is 4. The van der Waals surface area contributed by atoms with Crippen LogP contribution in [-0.2, 0) is 4.79 Å². The van der Waals surface area contributed by atoms with Gasteiger partial charge in [-0.3, -0.25) is 14.2 Å². The zero-order chi connectivity index (χ0) is 24.2. The molecule has 3 aromatic carbocycles. The second-order valence-corrected chi connectivity index (χ2v) is 9.11. The number of hydrogen-bond donors (Lipinski definition) is 1. The van der Waals surface area contributed by atoms with Crippen molar-refractivity contribution in [3.8, 4) is 11.8 Å². The number of halogens is 1. The lowest BCUT2D eigenvalue weighted by Gasteiger charge is -2.09. The van der Waals surface area contributed by atoms with E-state index in [0.29, 0.717) is 26.5 Å². The fourth-order valence-electron chi connectivity index (χ4n) is 3.45. The molecule has 4 rings (SSSR count). The summed E-state index contributed by atoms with van der Waals surface area (Å²) in [5, 5.41) is 13.3. The van der Waals surface area contributed by atoms with Gasteiger partial charge in [-0.2, -0.15) is 5.26 Å². The van der Waals surface area contributed by atoms with Gasteiger partial charge in [0.25, 0.3) is 11.5 Å². The van der Waals surface area contributed by atoms with Crippen LogP contribution in [0.5, 0.6) is 0 Å². The molecule has 0 radical (unpaired) electrons. The number of aryl methyl sites for hydroxylation is 2. The van der Waals surface area contributed by atoms with Crippen LogP contribution < -0.4 is 20.1 Å². The van der Waals surface area contributed by atoms with Gasteiger partial charge in [-0.15, -0.1) is 11.3 Å². The van der Waals surface area contributed by atoms with E-state index >= 15 is 0 Å². The van der Waals surface area contributed by atoms with E-state index in [4.69, 9.17) is 11.6 Å². The third-order valence-electron chi connectivity index (χ3n) is 5.22. The first-order chi connectivity index (χ1) is 16.4. The number of nitrogens with one attached hydrogen (secondary N) is 1. The van der Waals surface area contributed by atoms with Gasteiger partial charge in [-0.25, -0.2) is 0 Å². The van der Waals surface area contributed by atoms with E-state index in [-0.39, 0.29) is 15.8 Å². The maximum atomic E-state index is 13.5. The van der Waals surface area contributed by atoms with Crippen LogP contribution in [0.2, 0.25) is 5.02 Å². The third-order valence-corrected chi connectivity index (χ3v) is 6.66. The van der Waals surface area contributed by atoms with Crippen molar-refractivity contribution < 1.29 is 4.79 Å². The van der Waals surface area contributed by atoms with Crippen LogP contribution in [0.4, 0.5) is 5.69 Å². The Morgan fingerprint density at radius 3 is 2.47 bits per heavy atom. The lowest BCUT2D eigenvalue weighted by atomic mass is 10.1. The summed E-state index contributed by atoms with van der Waals surface area (Å²) in [5.41, 5.74) is 3.22. The quantitative estimate of drug-likeness (QED) is 0.468. The summed E-state index contributed by atoms with van der Waals surface area (Å²) in [7, 11) is 0. The zero-order valence-electron chi connectivity index (χ0n) is 18.5. The van der Waals surface area contributed by atoms with E-state index in [9.17, 15) is 14.9 Å². The van der Waals surface area contributed by atoms with Gasteiger partial charge in [-0.1, -0.05) is 60.1 Å². The Morgan fingerprint density at radius 2 is 1.76 bits per heavy atom. The summed E-state index contributed by atoms with van der Waals surface area (Å²) in [6.07, 6.45) is 1.68. The molecule has 0 spiro atoms. The molecule has 5 nitrogen and oxygen atoms in total. The first kappa shape index (κ1) is 23.2. The molecule has 0 bridgehead atoms. The van der Waals surface area contributed by atoms with Crippen molar-refractivity contribution in [1.29, 1.82) is 5.26 Å². The fraction of sp³-hybridized carbons (Fsp3) is 0.0741. The first-order valence-corrected chi connectivity index (χ1v) is 11.6. The Hall–Kier alpha value is -3.92. The van der Waals surface area contributed by atoms with Gasteiger partial charge in [0.05, 0.1) is 10.2 Å². The average molecular weight is 486 g/mol. The van der Waals surface area contributed by atoms with Crippen LogP contribution >= 0.6 is 22.9 Å². The highest BCUT2D eigenvalue weighted by molar-refractivity contribution is 7.07. The first-order valence-electron chi connectivity index (χ1n) is 10.5. The van der Waals surface area contributed by atoms with E-state index < -0.39 is 5.91 Å². The van der Waals surface area contributed by atoms with Crippen LogP contribution in [0.1, 0.15) is 16.7 Å². The predicted octanol–water partition coefficient (Wildman–Crippen LogP) is 4.31. The zero-order valence-corrected chi connectivity index (χ0v) is 20.1. The number of anilines is 1. The largest absolute Gasteiger partial charge is 0.321 e. The van der Waals surface area contributed by atoms with Crippen molar-refractivity contribution in [2.75, 3.05) is 5.32 Å². The SMILES string of the molecule is Cc1ccc(C)c(NC(=O)/C(C#N)=c2/s/c(=C/c3ccccc3Cl)c(=O)n2-c2ccccc2)c1. The standard InChI is InChI=1S/C27H20ClN3O2S/c1-17-12-13-18(2)23(14-17)30-25(32)21(16-29)27-31(20-9-4-3-5-10-20)26(33)24(34-27)15-19-8-6-7-11-22(19)28/h3-15H,1-2H3,(H,30,32)/b24-15+,27-21+. The summed E-state index contributed by atoms with van der Waals surface area (Å²) < 4.78 is 2.01. The van der Waals surface area contributed by atoms with E-state index in [1.807, 2.05) is 50.2 Å². The summed E-state index contributed by atoms with van der Waals surface area (Å²) in [5.74, 6) is -0.577. The molecule has 34 heavy (non-hydrogen) atoms. The van der Waals surface area contributed by atoms with Crippen molar-refractivity contribution in [2.45, 2.75) is 13.8 Å². The summed E-state index contributed by atoms with van der Waals surface area (Å²) in [6.45, 7) is 3.80. The lowest BCUT2D eigenvalue weighted by molar-refractivity contribution is -0.111. The minimum atomic E-state index is -0.577. The molecule has 0 aliphatic heterocycles. The van der Waals surface area contributed by atoms with Crippen molar-refractivity contribution >= 4 is 46.2 Å². The predicted molar refractivity (Wildman–Crippen MR) is 138 cm³/mol. The van der Waals surface area contributed by atoms with Gasteiger partial charge >= 0.3 is 0 Å². The van der Waals surface area contributed by atoms with E-state index in [1.165, 1.54) is 4.57 Å². The Labute approximate surface area is 205 Å². The highest BCUT2D eigenvalue weighted by Crippen LogP contribution is 2.18. The molecule has 0 atom stereocenters. The Morgan fingerprint density at radius 1 is 1.06 bits per heavy atom. The smallest absolute Gasteiger partial charge is 0.273 e.